The van der Waals surface area contributed by atoms with Gasteiger partial charge in [-0.15, -0.1) is 10.2 Å². The molecule has 0 radical (unpaired) electrons. The molecule has 22 heavy (non-hydrogen) atoms. The Kier molecular flexibility index (Phi) is 3.17. The van der Waals surface area contributed by atoms with Gasteiger partial charge in [0.1, 0.15) is 0 Å². The lowest BCUT2D eigenvalue weighted by atomic mass is 10.1. The van der Waals surface area contributed by atoms with Crippen LogP contribution in [-0.4, -0.2) is 14.6 Å². The van der Waals surface area contributed by atoms with Gasteiger partial charge in [-0.05, 0) is 29.7 Å². The Balaban J connectivity index is 1.93. The zero-order valence-corrected chi connectivity index (χ0v) is 13.1. The highest BCUT2D eigenvalue weighted by atomic mass is 32.1. The average molecular weight is 308 g/mol. The summed E-state index contributed by atoms with van der Waals surface area (Å²) in [7, 11) is 0. The van der Waals surface area contributed by atoms with Gasteiger partial charge in [0.2, 0.25) is 4.96 Å². The molecule has 0 saturated heterocycles. The zero-order valence-electron chi connectivity index (χ0n) is 12.3. The molecule has 4 aromatic rings. The Bertz CT molecular complexity index is 950. The number of fused-ring (bicyclic) bond motifs is 3. The van der Waals surface area contributed by atoms with E-state index in [-0.39, 0.29) is 0 Å². The molecule has 0 aliphatic heterocycles. The fourth-order valence-corrected chi connectivity index (χ4v) is 3.70. The van der Waals surface area contributed by atoms with Gasteiger partial charge in [0, 0.05) is 12.1 Å². The first-order valence-electron chi connectivity index (χ1n) is 7.36. The summed E-state index contributed by atoms with van der Waals surface area (Å²) in [6.45, 7) is 2.72. The maximum Gasteiger partial charge on any atom is 0.217 e. The predicted octanol–water partition coefficient (Wildman–Crippen LogP) is 3.63. The van der Waals surface area contributed by atoms with Crippen molar-refractivity contribution in [2.24, 2.45) is 5.73 Å². The topological polar surface area (TPSA) is 56.2 Å². The number of rotatable bonds is 3. The van der Waals surface area contributed by atoms with E-state index in [0.29, 0.717) is 6.54 Å². The van der Waals surface area contributed by atoms with E-state index in [4.69, 9.17) is 5.73 Å². The van der Waals surface area contributed by atoms with Crippen LogP contribution in [0.2, 0.25) is 0 Å². The Morgan fingerprint density at radius 3 is 2.55 bits per heavy atom. The summed E-state index contributed by atoms with van der Waals surface area (Å²) in [4.78, 5) is 0.932. The van der Waals surface area contributed by atoms with Gasteiger partial charge in [-0.25, -0.2) is 0 Å². The van der Waals surface area contributed by atoms with Gasteiger partial charge in [0.25, 0.3) is 0 Å². The van der Waals surface area contributed by atoms with Crippen LogP contribution < -0.4 is 5.73 Å². The van der Waals surface area contributed by atoms with Crippen LogP contribution in [0.15, 0.2) is 42.5 Å². The van der Waals surface area contributed by atoms with E-state index >= 15 is 0 Å². The third kappa shape index (κ3) is 2.01. The Hall–Kier alpha value is -2.24. The third-order valence-corrected chi connectivity index (χ3v) is 4.95. The van der Waals surface area contributed by atoms with Gasteiger partial charge in [-0.1, -0.05) is 48.6 Å². The molecule has 0 fully saturated rings. The summed E-state index contributed by atoms with van der Waals surface area (Å²) in [5.74, 6) is 0.883. The molecule has 0 amide bonds. The van der Waals surface area contributed by atoms with Crippen molar-refractivity contribution in [2.45, 2.75) is 19.9 Å². The van der Waals surface area contributed by atoms with Crippen molar-refractivity contribution in [2.75, 3.05) is 0 Å². The second kappa shape index (κ2) is 5.19. The molecular weight excluding hydrogens is 292 g/mol. The fourth-order valence-electron chi connectivity index (χ4n) is 2.67. The molecule has 0 unspecified atom stereocenters. The average Bonchev–Trinajstić information content (AvgIpc) is 3.13. The van der Waals surface area contributed by atoms with Crippen LogP contribution in [0.3, 0.4) is 0 Å². The van der Waals surface area contributed by atoms with Gasteiger partial charge in [-0.2, -0.15) is 0 Å². The smallest absolute Gasteiger partial charge is 0.217 e. The van der Waals surface area contributed by atoms with Crippen molar-refractivity contribution < 1.29 is 0 Å². The van der Waals surface area contributed by atoms with Gasteiger partial charge >= 0.3 is 0 Å². The summed E-state index contributed by atoms with van der Waals surface area (Å²) < 4.78 is 3.39. The van der Waals surface area contributed by atoms with Gasteiger partial charge in [0.05, 0.1) is 10.2 Å². The monoisotopic (exact) mass is 308 g/mol. The predicted molar refractivity (Wildman–Crippen MR) is 91.1 cm³/mol. The Labute approximate surface area is 132 Å². The standard InChI is InChI=1S/C17H16N4S/c1-2-11-5-8-14-15(9-11)22-17-20-19-16(21(14)17)13-6-3-12(10-18)4-7-13/h3-9H,2,10,18H2,1H3. The van der Waals surface area contributed by atoms with E-state index in [1.807, 2.05) is 12.1 Å². The van der Waals surface area contributed by atoms with E-state index in [2.05, 4.69) is 51.9 Å². The molecule has 2 aromatic carbocycles. The molecular formula is C17H16N4S. The summed E-state index contributed by atoms with van der Waals surface area (Å²) in [6, 6.07) is 14.8. The van der Waals surface area contributed by atoms with Crippen molar-refractivity contribution in [1.82, 2.24) is 14.6 Å². The molecule has 2 heterocycles. The first-order chi connectivity index (χ1) is 10.8. The van der Waals surface area contributed by atoms with Crippen molar-refractivity contribution in [3.63, 3.8) is 0 Å². The maximum absolute atomic E-state index is 5.66. The number of nitrogens with zero attached hydrogens (tertiary/aromatic N) is 3. The molecule has 0 spiro atoms. The maximum atomic E-state index is 5.66. The second-order valence-corrected chi connectivity index (χ2v) is 6.31. The van der Waals surface area contributed by atoms with Crippen molar-refractivity contribution in [3.05, 3.63) is 53.6 Å². The fraction of sp³-hybridized carbons (Fsp3) is 0.176. The highest BCUT2D eigenvalue weighted by Gasteiger charge is 2.14. The zero-order chi connectivity index (χ0) is 15.1. The molecule has 0 saturated carbocycles. The quantitative estimate of drug-likeness (QED) is 0.629. The van der Waals surface area contributed by atoms with E-state index in [0.717, 1.165) is 28.3 Å². The van der Waals surface area contributed by atoms with Crippen LogP contribution in [0.25, 0.3) is 26.6 Å². The SMILES string of the molecule is CCc1ccc2c(c1)sc1nnc(-c3ccc(CN)cc3)n12. The molecule has 0 aliphatic rings. The molecule has 0 bridgehead atoms. The van der Waals surface area contributed by atoms with Crippen LogP contribution in [0, 0.1) is 0 Å². The second-order valence-electron chi connectivity index (χ2n) is 5.30. The number of hydrogen-bond acceptors (Lipinski definition) is 4. The van der Waals surface area contributed by atoms with Crippen LogP contribution in [0.4, 0.5) is 0 Å². The summed E-state index contributed by atoms with van der Waals surface area (Å²) >= 11 is 1.68. The van der Waals surface area contributed by atoms with E-state index in [9.17, 15) is 0 Å². The Morgan fingerprint density at radius 2 is 1.82 bits per heavy atom. The number of benzene rings is 2. The largest absolute Gasteiger partial charge is 0.326 e. The van der Waals surface area contributed by atoms with E-state index < -0.39 is 0 Å². The molecule has 5 heteroatoms. The van der Waals surface area contributed by atoms with Crippen molar-refractivity contribution in [1.29, 1.82) is 0 Å². The highest BCUT2D eigenvalue weighted by molar-refractivity contribution is 7.23. The minimum Gasteiger partial charge on any atom is -0.326 e. The van der Waals surface area contributed by atoms with Gasteiger partial charge < -0.3 is 5.73 Å². The van der Waals surface area contributed by atoms with Crippen LogP contribution >= 0.6 is 11.3 Å². The first kappa shape index (κ1) is 13.4. The molecule has 110 valence electrons. The summed E-state index contributed by atoms with van der Waals surface area (Å²) in [5, 5.41) is 8.70. The molecule has 2 N–H and O–H groups in total. The van der Waals surface area contributed by atoms with Crippen LogP contribution in [0.5, 0.6) is 0 Å². The molecule has 2 aromatic heterocycles. The summed E-state index contributed by atoms with van der Waals surface area (Å²) in [5.41, 5.74) is 10.4. The van der Waals surface area contributed by atoms with E-state index in [1.165, 1.54) is 15.8 Å². The molecule has 4 rings (SSSR count). The first-order valence-corrected chi connectivity index (χ1v) is 8.17. The number of thiazole rings is 1. The normalized spacial score (nSPS) is 11.5. The lowest BCUT2D eigenvalue weighted by molar-refractivity contribution is 1.07. The lowest BCUT2D eigenvalue weighted by Gasteiger charge is -2.02. The number of hydrogen-bond donors (Lipinski definition) is 1. The minimum atomic E-state index is 0.552. The van der Waals surface area contributed by atoms with Crippen molar-refractivity contribution >= 4 is 26.5 Å². The van der Waals surface area contributed by atoms with Crippen LogP contribution in [-0.2, 0) is 13.0 Å². The molecule has 4 nitrogen and oxygen atoms in total. The van der Waals surface area contributed by atoms with E-state index in [1.54, 1.807) is 11.3 Å². The summed E-state index contributed by atoms with van der Waals surface area (Å²) in [6.07, 6.45) is 1.04. The third-order valence-electron chi connectivity index (χ3n) is 3.96. The van der Waals surface area contributed by atoms with Crippen LogP contribution in [0.1, 0.15) is 18.1 Å². The number of aryl methyl sites for hydroxylation is 1. The number of nitrogens with two attached hydrogens (primary N) is 1. The highest BCUT2D eigenvalue weighted by Crippen LogP contribution is 2.30. The van der Waals surface area contributed by atoms with Crippen molar-refractivity contribution in [3.8, 4) is 11.4 Å². The Morgan fingerprint density at radius 1 is 1.05 bits per heavy atom. The molecule has 0 atom stereocenters. The van der Waals surface area contributed by atoms with Gasteiger partial charge in [0.15, 0.2) is 5.82 Å². The van der Waals surface area contributed by atoms with Gasteiger partial charge in [-0.3, -0.25) is 4.40 Å². The number of aromatic nitrogens is 3. The lowest BCUT2D eigenvalue weighted by Crippen LogP contribution is -1.96. The minimum absolute atomic E-state index is 0.552. The molecule has 0 aliphatic carbocycles.